The molecular formula is C12H20N2OS. The molecule has 0 aliphatic rings. The average Bonchev–Trinajstić information content (AvgIpc) is 2.58. The van der Waals surface area contributed by atoms with Crippen LogP contribution < -0.4 is 10.6 Å². The van der Waals surface area contributed by atoms with Crippen molar-refractivity contribution < 1.29 is 4.79 Å². The molecule has 0 saturated carbocycles. The molecule has 1 heterocycles. The van der Waals surface area contributed by atoms with Crippen LogP contribution in [0.2, 0.25) is 0 Å². The van der Waals surface area contributed by atoms with Gasteiger partial charge in [-0.05, 0) is 37.8 Å². The lowest BCUT2D eigenvalue weighted by Crippen LogP contribution is -2.32. The number of hydrogen-bond donors (Lipinski definition) is 2. The molecule has 0 atom stereocenters. The van der Waals surface area contributed by atoms with E-state index in [9.17, 15) is 4.79 Å². The van der Waals surface area contributed by atoms with Gasteiger partial charge >= 0.3 is 0 Å². The Morgan fingerprint density at radius 1 is 1.50 bits per heavy atom. The van der Waals surface area contributed by atoms with Gasteiger partial charge in [-0.3, -0.25) is 4.79 Å². The second-order valence-electron chi connectivity index (χ2n) is 4.18. The van der Waals surface area contributed by atoms with Crippen molar-refractivity contribution >= 4 is 17.2 Å². The van der Waals surface area contributed by atoms with Crippen molar-refractivity contribution in [1.29, 1.82) is 0 Å². The quantitative estimate of drug-likeness (QED) is 0.747. The minimum absolute atomic E-state index is 0.116. The molecular weight excluding hydrogens is 220 g/mol. The van der Waals surface area contributed by atoms with Crippen molar-refractivity contribution in [3.05, 3.63) is 21.9 Å². The predicted molar refractivity (Wildman–Crippen MR) is 68.7 cm³/mol. The van der Waals surface area contributed by atoms with E-state index in [1.54, 1.807) is 11.3 Å². The molecule has 1 aromatic rings. The van der Waals surface area contributed by atoms with E-state index in [1.807, 2.05) is 13.8 Å². The number of amides is 1. The second kappa shape index (κ2) is 6.66. The molecule has 16 heavy (non-hydrogen) atoms. The number of carbonyl (C=O) groups is 1. The fraction of sp³-hybridized carbons (Fsp3) is 0.583. The van der Waals surface area contributed by atoms with Crippen LogP contribution in [0, 0.1) is 6.92 Å². The zero-order valence-electron chi connectivity index (χ0n) is 10.2. The second-order valence-corrected chi connectivity index (χ2v) is 5.18. The Morgan fingerprint density at radius 3 is 2.81 bits per heavy atom. The lowest BCUT2D eigenvalue weighted by molar-refractivity contribution is -0.121. The first-order valence-electron chi connectivity index (χ1n) is 5.62. The normalized spacial score (nSPS) is 10.8. The van der Waals surface area contributed by atoms with Crippen LogP contribution in [0.3, 0.4) is 0 Å². The molecule has 3 nitrogen and oxygen atoms in total. The Kier molecular flexibility index (Phi) is 5.49. The molecule has 1 rings (SSSR count). The summed E-state index contributed by atoms with van der Waals surface area (Å²) in [4.78, 5) is 12.7. The molecule has 2 N–H and O–H groups in total. The van der Waals surface area contributed by atoms with E-state index in [4.69, 9.17) is 0 Å². The predicted octanol–water partition coefficient (Wildman–Crippen LogP) is 2.06. The van der Waals surface area contributed by atoms with Crippen LogP contribution in [0.5, 0.6) is 0 Å². The summed E-state index contributed by atoms with van der Waals surface area (Å²) < 4.78 is 0. The minimum Gasteiger partial charge on any atom is -0.354 e. The van der Waals surface area contributed by atoms with Gasteiger partial charge in [-0.1, -0.05) is 0 Å². The van der Waals surface area contributed by atoms with Crippen molar-refractivity contribution in [2.24, 2.45) is 0 Å². The highest BCUT2D eigenvalue weighted by Gasteiger charge is 2.03. The number of thiophene rings is 1. The number of nitrogens with one attached hydrogen (secondary N) is 2. The summed E-state index contributed by atoms with van der Waals surface area (Å²) in [6.45, 7) is 7.65. The van der Waals surface area contributed by atoms with E-state index in [2.05, 4.69) is 29.0 Å². The van der Waals surface area contributed by atoms with Crippen LogP contribution in [-0.4, -0.2) is 18.5 Å². The van der Waals surface area contributed by atoms with E-state index < -0.39 is 0 Å². The van der Waals surface area contributed by atoms with Crippen molar-refractivity contribution in [1.82, 2.24) is 10.6 Å². The van der Waals surface area contributed by atoms with Crippen molar-refractivity contribution in [3.63, 3.8) is 0 Å². The number of aryl methyl sites for hydroxylation is 1. The summed E-state index contributed by atoms with van der Waals surface area (Å²) >= 11 is 1.76. The van der Waals surface area contributed by atoms with Crippen LogP contribution in [0.1, 0.15) is 30.7 Å². The molecule has 90 valence electrons. The van der Waals surface area contributed by atoms with Crippen molar-refractivity contribution in [2.45, 2.75) is 39.8 Å². The molecule has 0 radical (unpaired) electrons. The molecule has 1 aromatic heterocycles. The molecule has 0 bridgehead atoms. The summed E-state index contributed by atoms with van der Waals surface area (Å²) in [5.41, 5.74) is 1.32. The summed E-state index contributed by atoms with van der Waals surface area (Å²) in [6, 6.07) is 2.35. The van der Waals surface area contributed by atoms with Gasteiger partial charge in [0, 0.05) is 30.4 Å². The van der Waals surface area contributed by atoms with Gasteiger partial charge in [0.15, 0.2) is 0 Å². The maximum Gasteiger partial charge on any atom is 0.221 e. The first-order chi connectivity index (χ1) is 7.59. The summed E-state index contributed by atoms with van der Waals surface area (Å²) in [5, 5.41) is 8.25. The highest BCUT2D eigenvalue weighted by Crippen LogP contribution is 2.14. The SMILES string of the molecule is Cc1ccsc1CNCCC(=O)NC(C)C. The van der Waals surface area contributed by atoms with Crippen LogP contribution in [0.15, 0.2) is 11.4 Å². The summed E-state index contributed by atoms with van der Waals surface area (Å²) in [7, 11) is 0. The van der Waals surface area contributed by atoms with Gasteiger partial charge in [0.05, 0.1) is 0 Å². The Labute approximate surface area is 101 Å². The monoisotopic (exact) mass is 240 g/mol. The van der Waals surface area contributed by atoms with E-state index >= 15 is 0 Å². The number of rotatable bonds is 6. The van der Waals surface area contributed by atoms with E-state index in [0.29, 0.717) is 6.42 Å². The minimum atomic E-state index is 0.116. The first-order valence-corrected chi connectivity index (χ1v) is 6.50. The molecule has 0 unspecified atom stereocenters. The molecule has 0 aliphatic heterocycles. The smallest absolute Gasteiger partial charge is 0.221 e. The van der Waals surface area contributed by atoms with Crippen molar-refractivity contribution in [2.75, 3.05) is 6.54 Å². The maximum absolute atomic E-state index is 11.3. The Balaban J connectivity index is 2.13. The zero-order chi connectivity index (χ0) is 12.0. The maximum atomic E-state index is 11.3. The van der Waals surface area contributed by atoms with Crippen LogP contribution >= 0.6 is 11.3 Å². The molecule has 4 heteroatoms. The van der Waals surface area contributed by atoms with E-state index in [0.717, 1.165) is 13.1 Å². The fourth-order valence-corrected chi connectivity index (χ4v) is 2.26. The van der Waals surface area contributed by atoms with Gasteiger partial charge in [-0.2, -0.15) is 0 Å². The Morgan fingerprint density at radius 2 is 2.25 bits per heavy atom. The third-order valence-electron chi connectivity index (χ3n) is 2.23. The molecule has 0 saturated heterocycles. The fourth-order valence-electron chi connectivity index (χ4n) is 1.38. The van der Waals surface area contributed by atoms with Crippen LogP contribution in [0.25, 0.3) is 0 Å². The average molecular weight is 240 g/mol. The number of hydrogen-bond acceptors (Lipinski definition) is 3. The van der Waals surface area contributed by atoms with Gasteiger partial charge in [0.25, 0.3) is 0 Å². The third kappa shape index (κ3) is 4.77. The summed E-state index contributed by atoms with van der Waals surface area (Å²) in [5.74, 6) is 0.116. The lowest BCUT2D eigenvalue weighted by Gasteiger charge is -2.08. The van der Waals surface area contributed by atoms with E-state index in [1.165, 1.54) is 10.4 Å². The van der Waals surface area contributed by atoms with Crippen molar-refractivity contribution in [3.8, 4) is 0 Å². The topological polar surface area (TPSA) is 41.1 Å². The molecule has 1 amide bonds. The Hall–Kier alpha value is -0.870. The Bertz CT molecular complexity index is 334. The van der Waals surface area contributed by atoms with Gasteiger partial charge in [0.2, 0.25) is 5.91 Å². The highest BCUT2D eigenvalue weighted by molar-refractivity contribution is 7.10. The highest BCUT2D eigenvalue weighted by atomic mass is 32.1. The van der Waals surface area contributed by atoms with E-state index in [-0.39, 0.29) is 11.9 Å². The van der Waals surface area contributed by atoms with Gasteiger partial charge in [0.1, 0.15) is 0 Å². The zero-order valence-corrected chi connectivity index (χ0v) is 11.0. The van der Waals surface area contributed by atoms with Gasteiger partial charge in [-0.25, -0.2) is 0 Å². The lowest BCUT2D eigenvalue weighted by atomic mass is 10.3. The molecule has 0 aliphatic carbocycles. The van der Waals surface area contributed by atoms with Crippen LogP contribution in [-0.2, 0) is 11.3 Å². The van der Waals surface area contributed by atoms with Gasteiger partial charge in [-0.15, -0.1) is 11.3 Å². The number of carbonyl (C=O) groups excluding carboxylic acids is 1. The molecule has 0 spiro atoms. The van der Waals surface area contributed by atoms with Gasteiger partial charge < -0.3 is 10.6 Å². The first kappa shape index (κ1) is 13.2. The largest absolute Gasteiger partial charge is 0.354 e. The van der Waals surface area contributed by atoms with Crippen LogP contribution in [0.4, 0.5) is 0 Å². The molecule has 0 aromatic carbocycles. The molecule has 0 fully saturated rings. The summed E-state index contributed by atoms with van der Waals surface area (Å²) in [6.07, 6.45) is 0.544. The third-order valence-corrected chi connectivity index (χ3v) is 3.26. The standard InChI is InChI=1S/C12H20N2OS/c1-9(2)14-12(15)4-6-13-8-11-10(3)5-7-16-11/h5,7,9,13H,4,6,8H2,1-3H3,(H,14,15).